The van der Waals surface area contributed by atoms with Gasteiger partial charge in [0.1, 0.15) is 6.61 Å². The highest BCUT2D eigenvalue weighted by molar-refractivity contribution is 7.07. The molecule has 0 aliphatic carbocycles. The molecule has 17 heavy (non-hydrogen) atoms. The van der Waals surface area contributed by atoms with Crippen LogP contribution in [0.5, 0.6) is 0 Å². The highest BCUT2D eigenvalue weighted by atomic mass is 35.5. The number of hydrogen-bond donors (Lipinski definition) is 0. The van der Waals surface area contributed by atoms with E-state index in [0.717, 1.165) is 17.1 Å². The van der Waals surface area contributed by atoms with Crippen molar-refractivity contribution in [1.82, 2.24) is 9.59 Å². The molecule has 1 aromatic carbocycles. The molecule has 0 unspecified atom stereocenters. The van der Waals surface area contributed by atoms with E-state index in [1.54, 1.807) is 19.1 Å². The van der Waals surface area contributed by atoms with Gasteiger partial charge in [0.2, 0.25) is 0 Å². The Balaban J connectivity index is 1.97. The van der Waals surface area contributed by atoms with Crippen LogP contribution in [-0.4, -0.2) is 15.6 Å². The summed E-state index contributed by atoms with van der Waals surface area (Å²) in [6, 6.07) is 7.13. The second kappa shape index (κ2) is 5.25. The van der Waals surface area contributed by atoms with Gasteiger partial charge in [0.15, 0.2) is 4.88 Å². The Morgan fingerprint density at radius 1 is 1.41 bits per heavy atom. The van der Waals surface area contributed by atoms with Gasteiger partial charge in [-0.1, -0.05) is 28.2 Å². The van der Waals surface area contributed by atoms with E-state index < -0.39 is 5.97 Å². The van der Waals surface area contributed by atoms with E-state index in [2.05, 4.69) is 9.59 Å². The average Bonchev–Trinajstić information content (AvgIpc) is 2.74. The van der Waals surface area contributed by atoms with Gasteiger partial charge in [0.05, 0.1) is 5.69 Å². The Morgan fingerprint density at radius 2 is 2.12 bits per heavy atom. The number of esters is 1. The Kier molecular flexibility index (Phi) is 3.71. The van der Waals surface area contributed by atoms with Crippen LogP contribution in [0.1, 0.15) is 20.9 Å². The van der Waals surface area contributed by atoms with Crippen LogP contribution in [-0.2, 0) is 11.3 Å². The first-order chi connectivity index (χ1) is 8.16. The molecule has 2 rings (SSSR count). The van der Waals surface area contributed by atoms with E-state index in [0.29, 0.717) is 15.6 Å². The second-order valence-corrected chi connectivity index (χ2v) is 4.58. The Bertz CT molecular complexity index is 525. The summed E-state index contributed by atoms with van der Waals surface area (Å²) in [4.78, 5) is 12.1. The number of nitrogens with zero attached hydrogens (tertiary/aromatic N) is 2. The molecule has 0 spiro atoms. The highest BCUT2D eigenvalue weighted by Gasteiger charge is 2.14. The first-order valence-electron chi connectivity index (χ1n) is 4.87. The van der Waals surface area contributed by atoms with Gasteiger partial charge in [-0.3, -0.25) is 0 Å². The SMILES string of the molecule is Cc1nnsc1C(=O)OCc1ccc(Cl)cc1. The van der Waals surface area contributed by atoms with Crippen LogP contribution in [0.2, 0.25) is 5.02 Å². The molecule has 6 heteroatoms. The predicted molar refractivity (Wildman–Crippen MR) is 65.2 cm³/mol. The number of carbonyl (C=O) groups excluding carboxylic acids is 1. The summed E-state index contributed by atoms with van der Waals surface area (Å²) in [6.07, 6.45) is 0. The van der Waals surface area contributed by atoms with Gasteiger partial charge in [0, 0.05) is 5.02 Å². The van der Waals surface area contributed by atoms with Crippen LogP contribution in [0.25, 0.3) is 0 Å². The van der Waals surface area contributed by atoms with Crippen molar-refractivity contribution in [1.29, 1.82) is 0 Å². The molecule has 0 radical (unpaired) electrons. The molecule has 0 N–H and O–H groups in total. The van der Waals surface area contributed by atoms with Crippen LogP contribution in [0, 0.1) is 6.92 Å². The van der Waals surface area contributed by atoms with Crippen LogP contribution in [0.3, 0.4) is 0 Å². The quantitative estimate of drug-likeness (QED) is 0.803. The van der Waals surface area contributed by atoms with Crippen molar-refractivity contribution < 1.29 is 9.53 Å². The van der Waals surface area contributed by atoms with E-state index >= 15 is 0 Å². The van der Waals surface area contributed by atoms with Gasteiger partial charge in [-0.25, -0.2) is 4.79 Å². The molecule has 2 aromatic rings. The molecular formula is C11H9ClN2O2S. The standard InChI is InChI=1S/C11H9ClN2O2S/c1-7-10(17-14-13-7)11(15)16-6-8-2-4-9(12)5-3-8/h2-5H,6H2,1H3. The lowest BCUT2D eigenvalue weighted by molar-refractivity contribution is 0.0477. The van der Waals surface area contributed by atoms with Crippen molar-refractivity contribution in [2.75, 3.05) is 0 Å². The fraction of sp³-hybridized carbons (Fsp3) is 0.182. The van der Waals surface area contributed by atoms with E-state index in [1.807, 2.05) is 12.1 Å². The lowest BCUT2D eigenvalue weighted by Crippen LogP contribution is -2.04. The zero-order chi connectivity index (χ0) is 12.3. The Morgan fingerprint density at radius 3 is 2.71 bits per heavy atom. The van der Waals surface area contributed by atoms with Gasteiger partial charge in [0.25, 0.3) is 0 Å². The Labute approximate surface area is 107 Å². The molecule has 0 saturated carbocycles. The van der Waals surface area contributed by atoms with Gasteiger partial charge < -0.3 is 4.74 Å². The minimum absolute atomic E-state index is 0.216. The lowest BCUT2D eigenvalue weighted by Gasteiger charge is -2.03. The van der Waals surface area contributed by atoms with E-state index in [1.165, 1.54) is 0 Å². The first kappa shape index (κ1) is 12.0. The van der Waals surface area contributed by atoms with E-state index in [4.69, 9.17) is 16.3 Å². The topological polar surface area (TPSA) is 52.1 Å². The molecule has 0 saturated heterocycles. The number of carbonyl (C=O) groups is 1. The zero-order valence-corrected chi connectivity index (χ0v) is 10.6. The molecule has 4 nitrogen and oxygen atoms in total. The largest absolute Gasteiger partial charge is 0.457 e. The van der Waals surface area contributed by atoms with Crippen molar-refractivity contribution in [3.63, 3.8) is 0 Å². The second-order valence-electron chi connectivity index (χ2n) is 3.39. The number of hydrogen-bond acceptors (Lipinski definition) is 5. The number of aryl methyl sites for hydroxylation is 1. The molecule has 0 fully saturated rings. The summed E-state index contributed by atoms with van der Waals surface area (Å²) in [5.74, 6) is -0.396. The summed E-state index contributed by atoms with van der Waals surface area (Å²) in [6.45, 7) is 1.94. The lowest BCUT2D eigenvalue weighted by atomic mass is 10.2. The first-order valence-corrected chi connectivity index (χ1v) is 6.02. The highest BCUT2D eigenvalue weighted by Crippen LogP contribution is 2.14. The normalized spacial score (nSPS) is 10.2. The minimum atomic E-state index is -0.396. The molecule has 88 valence electrons. The average molecular weight is 269 g/mol. The zero-order valence-electron chi connectivity index (χ0n) is 9.01. The molecule has 0 atom stereocenters. The van der Waals surface area contributed by atoms with Gasteiger partial charge in [-0.05, 0) is 36.2 Å². The number of rotatable bonds is 3. The fourth-order valence-corrected chi connectivity index (χ4v) is 1.89. The van der Waals surface area contributed by atoms with Crippen LogP contribution in [0.15, 0.2) is 24.3 Å². The summed E-state index contributed by atoms with van der Waals surface area (Å²) in [5, 5.41) is 4.41. The smallest absolute Gasteiger partial charge is 0.352 e. The Hall–Kier alpha value is -1.46. The third-order valence-corrected chi connectivity index (χ3v) is 3.18. The summed E-state index contributed by atoms with van der Waals surface area (Å²) in [7, 11) is 0. The number of aromatic nitrogens is 2. The minimum Gasteiger partial charge on any atom is -0.457 e. The maximum atomic E-state index is 11.6. The van der Waals surface area contributed by atoms with E-state index in [9.17, 15) is 4.79 Å². The predicted octanol–water partition coefficient (Wildman–Crippen LogP) is 2.86. The van der Waals surface area contributed by atoms with Gasteiger partial charge in [-0.2, -0.15) is 0 Å². The monoisotopic (exact) mass is 268 g/mol. The number of benzene rings is 1. The molecule has 1 heterocycles. The third-order valence-electron chi connectivity index (χ3n) is 2.12. The molecule has 0 amide bonds. The van der Waals surface area contributed by atoms with Crippen molar-refractivity contribution in [2.24, 2.45) is 0 Å². The van der Waals surface area contributed by atoms with E-state index in [-0.39, 0.29) is 6.61 Å². The van der Waals surface area contributed by atoms with Crippen molar-refractivity contribution in [2.45, 2.75) is 13.5 Å². The summed E-state index contributed by atoms with van der Waals surface area (Å²) in [5.41, 5.74) is 1.48. The van der Waals surface area contributed by atoms with Crippen LogP contribution in [0.4, 0.5) is 0 Å². The van der Waals surface area contributed by atoms with Crippen molar-refractivity contribution in [3.05, 3.63) is 45.4 Å². The van der Waals surface area contributed by atoms with Crippen molar-refractivity contribution >= 4 is 29.1 Å². The molecule has 1 aromatic heterocycles. The molecule has 0 aliphatic rings. The van der Waals surface area contributed by atoms with Crippen LogP contribution >= 0.6 is 23.1 Å². The number of halogens is 1. The maximum absolute atomic E-state index is 11.6. The summed E-state index contributed by atoms with van der Waals surface area (Å²) < 4.78 is 8.82. The fourth-order valence-electron chi connectivity index (χ4n) is 1.21. The van der Waals surface area contributed by atoms with Crippen LogP contribution < -0.4 is 0 Å². The van der Waals surface area contributed by atoms with Gasteiger partial charge in [-0.15, -0.1) is 5.10 Å². The molecule has 0 bridgehead atoms. The summed E-state index contributed by atoms with van der Waals surface area (Å²) >= 11 is 6.79. The maximum Gasteiger partial charge on any atom is 0.352 e. The van der Waals surface area contributed by atoms with Gasteiger partial charge >= 0.3 is 5.97 Å². The molecular weight excluding hydrogens is 260 g/mol. The molecule has 0 aliphatic heterocycles. The number of ether oxygens (including phenoxy) is 1. The third kappa shape index (κ3) is 3.01. The van der Waals surface area contributed by atoms with Crippen molar-refractivity contribution in [3.8, 4) is 0 Å².